The van der Waals surface area contributed by atoms with Crippen molar-refractivity contribution in [2.45, 2.75) is 24.1 Å². The largest absolute Gasteiger partial charge is 0.469 e. The van der Waals surface area contributed by atoms with Crippen molar-refractivity contribution >= 4 is 21.9 Å². The fraction of sp³-hybridized carbons (Fsp3) is 0.875. The van der Waals surface area contributed by atoms with Gasteiger partial charge in [0.15, 0.2) is 0 Å². The standard InChI is InChI=1S/C8H11BrO2/c1-11-7(10)8-4-2-3-5(8)6(8)9/h5-6H,2-4H2,1H3/t5-,6-,8+/m0/s1. The Bertz CT molecular complexity index is 204. The molecule has 0 saturated heterocycles. The fourth-order valence-corrected chi connectivity index (χ4v) is 3.70. The van der Waals surface area contributed by atoms with Gasteiger partial charge in [-0.25, -0.2) is 0 Å². The molecule has 0 amide bonds. The maximum absolute atomic E-state index is 11.3. The molecule has 0 radical (unpaired) electrons. The van der Waals surface area contributed by atoms with Crippen LogP contribution >= 0.6 is 15.9 Å². The molecule has 62 valence electrons. The molecule has 0 N–H and O–H groups in total. The van der Waals surface area contributed by atoms with Crippen molar-refractivity contribution in [3.63, 3.8) is 0 Å². The van der Waals surface area contributed by atoms with E-state index in [-0.39, 0.29) is 11.4 Å². The number of hydrogen-bond acceptors (Lipinski definition) is 2. The van der Waals surface area contributed by atoms with E-state index in [1.54, 1.807) is 0 Å². The number of carbonyl (C=O) groups excluding carboxylic acids is 1. The van der Waals surface area contributed by atoms with Gasteiger partial charge in [-0.3, -0.25) is 4.79 Å². The van der Waals surface area contributed by atoms with Crippen LogP contribution in [0.15, 0.2) is 0 Å². The van der Waals surface area contributed by atoms with Gasteiger partial charge in [-0.1, -0.05) is 22.4 Å². The zero-order valence-electron chi connectivity index (χ0n) is 6.47. The summed E-state index contributed by atoms with van der Waals surface area (Å²) in [6, 6.07) is 0. The number of ether oxygens (including phenoxy) is 1. The van der Waals surface area contributed by atoms with Gasteiger partial charge in [0, 0.05) is 4.83 Å². The minimum absolute atomic E-state index is 0.0122. The second kappa shape index (κ2) is 2.22. The molecule has 0 aromatic carbocycles. The third-order valence-corrected chi connectivity index (χ3v) is 4.52. The summed E-state index contributed by atoms with van der Waals surface area (Å²) < 4.78 is 4.78. The first-order valence-electron chi connectivity index (χ1n) is 3.96. The number of rotatable bonds is 1. The van der Waals surface area contributed by atoms with E-state index in [2.05, 4.69) is 15.9 Å². The van der Waals surface area contributed by atoms with E-state index in [1.807, 2.05) is 0 Å². The Balaban J connectivity index is 2.17. The van der Waals surface area contributed by atoms with Gasteiger partial charge in [0.1, 0.15) is 0 Å². The van der Waals surface area contributed by atoms with Crippen molar-refractivity contribution < 1.29 is 9.53 Å². The van der Waals surface area contributed by atoms with E-state index in [0.717, 1.165) is 6.42 Å². The van der Waals surface area contributed by atoms with Crippen LogP contribution in [-0.2, 0) is 9.53 Å². The zero-order chi connectivity index (χ0) is 8.06. The molecule has 11 heavy (non-hydrogen) atoms. The minimum Gasteiger partial charge on any atom is -0.469 e. The highest BCUT2D eigenvalue weighted by atomic mass is 79.9. The Kier molecular flexibility index (Phi) is 1.53. The highest BCUT2D eigenvalue weighted by molar-refractivity contribution is 9.09. The predicted octanol–water partition coefficient (Wildman–Crippen LogP) is 1.72. The molecule has 0 aromatic heterocycles. The van der Waals surface area contributed by atoms with Crippen LogP contribution in [0, 0.1) is 11.3 Å². The normalized spacial score (nSPS) is 46.7. The third kappa shape index (κ3) is 0.750. The monoisotopic (exact) mass is 218 g/mol. The van der Waals surface area contributed by atoms with Crippen molar-refractivity contribution in [1.29, 1.82) is 0 Å². The van der Waals surface area contributed by atoms with Gasteiger partial charge < -0.3 is 4.74 Å². The number of fused-ring (bicyclic) bond motifs is 1. The maximum Gasteiger partial charge on any atom is 0.313 e. The van der Waals surface area contributed by atoms with E-state index < -0.39 is 0 Å². The molecule has 2 nitrogen and oxygen atoms in total. The second-order valence-corrected chi connectivity index (χ2v) is 4.42. The van der Waals surface area contributed by atoms with Crippen molar-refractivity contribution in [3.8, 4) is 0 Å². The first-order chi connectivity index (χ1) is 5.23. The smallest absolute Gasteiger partial charge is 0.313 e. The molecule has 3 atom stereocenters. The molecule has 0 aromatic rings. The molecular formula is C8H11BrO2. The number of hydrogen-bond donors (Lipinski definition) is 0. The van der Waals surface area contributed by atoms with Gasteiger partial charge in [0.2, 0.25) is 0 Å². The molecule has 2 fully saturated rings. The van der Waals surface area contributed by atoms with Crippen LogP contribution in [0.1, 0.15) is 19.3 Å². The lowest BCUT2D eigenvalue weighted by Gasteiger charge is -2.08. The van der Waals surface area contributed by atoms with Gasteiger partial charge in [0.25, 0.3) is 0 Å². The number of alkyl halides is 1. The highest BCUT2D eigenvalue weighted by Gasteiger charge is 2.71. The van der Waals surface area contributed by atoms with Crippen molar-refractivity contribution in [2.75, 3.05) is 7.11 Å². The van der Waals surface area contributed by atoms with Crippen LogP contribution in [0.25, 0.3) is 0 Å². The van der Waals surface area contributed by atoms with E-state index in [9.17, 15) is 4.79 Å². The molecule has 2 saturated carbocycles. The molecule has 2 aliphatic rings. The molecule has 0 unspecified atom stereocenters. The van der Waals surface area contributed by atoms with Gasteiger partial charge >= 0.3 is 5.97 Å². The maximum atomic E-state index is 11.3. The van der Waals surface area contributed by atoms with E-state index in [4.69, 9.17) is 4.74 Å². The summed E-state index contributed by atoms with van der Waals surface area (Å²) in [5.41, 5.74) is -0.116. The van der Waals surface area contributed by atoms with Gasteiger partial charge in [-0.05, 0) is 18.8 Å². The lowest BCUT2D eigenvalue weighted by atomic mass is 10.1. The van der Waals surface area contributed by atoms with E-state index >= 15 is 0 Å². The summed E-state index contributed by atoms with van der Waals surface area (Å²) in [5, 5.41) is 0. The SMILES string of the molecule is COC(=O)[C@]12CCC[C@H]1[C@@H]2Br. The van der Waals surface area contributed by atoms with Crippen LogP contribution in [0.2, 0.25) is 0 Å². The van der Waals surface area contributed by atoms with Gasteiger partial charge in [-0.2, -0.15) is 0 Å². The summed E-state index contributed by atoms with van der Waals surface area (Å²) in [4.78, 5) is 11.7. The average molecular weight is 219 g/mol. The third-order valence-electron chi connectivity index (χ3n) is 3.07. The van der Waals surface area contributed by atoms with E-state index in [0.29, 0.717) is 10.7 Å². The van der Waals surface area contributed by atoms with Crippen LogP contribution in [0.5, 0.6) is 0 Å². The fourth-order valence-electron chi connectivity index (χ4n) is 2.37. The van der Waals surface area contributed by atoms with Crippen molar-refractivity contribution in [2.24, 2.45) is 11.3 Å². The van der Waals surface area contributed by atoms with Crippen LogP contribution in [0.4, 0.5) is 0 Å². The second-order valence-electron chi connectivity index (χ2n) is 3.43. The van der Waals surface area contributed by atoms with E-state index in [1.165, 1.54) is 20.0 Å². The molecule has 3 heteroatoms. The Morgan fingerprint density at radius 1 is 1.73 bits per heavy atom. The topological polar surface area (TPSA) is 26.3 Å². The molecule has 2 rings (SSSR count). The van der Waals surface area contributed by atoms with Crippen molar-refractivity contribution in [3.05, 3.63) is 0 Å². The van der Waals surface area contributed by atoms with Crippen LogP contribution < -0.4 is 0 Å². The number of carbonyl (C=O) groups is 1. The summed E-state index contributed by atoms with van der Waals surface area (Å²) in [6.45, 7) is 0. The highest BCUT2D eigenvalue weighted by Crippen LogP contribution is 2.67. The van der Waals surface area contributed by atoms with Gasteiger partial charge in [0.05, 0.1) is 12.5 Å². The Morgan fingerprint density at radius 2 is 2.45 bits per heavy atom. The number of methoxy groups -OCH3 is 1. The Hall–Kier alpha value is -0.0500. The van der Waals surface area contributed by atoms with Crippen LogP contribution in [-0.4, -0.2) is 17.9 Å². The van der Waals surface area contributed by atoms with Crippen LogP contribution in [0.3, 0.4) is 0 Å². The zero-order valence-corrected chi connectivity index (χ0v) is 8.06. The summed E-state index contributed by atoms with van der Waals surface area (Å²) in [7, 11) is 1.48. The molecule has 2 aliphatic carbocycles. The average Bonchev–Trinajstić information content (AvgIpc) is 2.51. The lowest BCUT2D eigenvalue weighted by molar-refractivity contribution is -0.147. The number of halogens is 1. The lowest BCUT2D eigenvalue weighted by Crippen LogP contribution is -2.19. The Morgan fingerprint density at radius 3 is 2.91 bits per heavy atom. The summed E-state index contributed by atoms with van der Waals surface area (Å²) in [5.74, 6) is 0.553. The Labute approximate surface area is 74.4 Å². The molecule has 0 spiro atoms. The molecule has 0 aliphatic heterocycles. The predicted molar refractivity (Wildman–Crippen MR) is 44.5 cm³/mol. The number of esters is 1. The molecule has 0 bridgehead atoms. The first-order valence-corrected chi connectivity index (χ1v) is 4.87. The molecular weight excluding hydrogens is 208 g/mol. The first kappa shape index (κ1) is 7.59. The minimum atomic E-state index is -0.116. The quantitative estimate of drug-likeness (QED) is 0.495. The summed E-state index contributed by atoms with van der Waals surface area (Å²) >= 11 is 3.52. The van der Waals surface area contributed by atoms with Gasteiger partial charge in [-0.15, -0.1) is 0 Å². The molecule has 0 heterocycles. The summed E-state index contributed by atoms with van der Waals surface area (Å²) in [6.07, 6.45) is 3.38. The van der Waals surface area contributed by atoms with Crippen molar-refractivity contribution in [1.82, 2.24) is 0 Å².